The molecule has 0 radical (unpaired) electrons. The number of aromatic amines is 1. The van der Waals surface area contributed by atoms with Crippen LogP contribution in [0.4, 0.5) is 0 Å². The van der Waals surface area contributed by atoms with E-state index in [4.69, 9.17) is 0 Å². The highest BCUT2D eigenvalue weighted by Gasteiger charge is 2.31. The molecule has 2 aliphatic heterocycles. The van der Waals surface area contributed by atoms with Gasteiger partial charge in [0.05, 0.1) is 18.2 Å². The van der Waals surface area contributed by atoms with Gasteiger partial charge in [-0.2, -0.15) is 0 Å². The number of aromatic nitrogens is 2. The number of likely N-dealkylation sites (tertiary alicyclic amines) is 1. The first-order chi connectivity index (χ1) is 12.6. The molecule has 1 aromatic heterocycles. The molecule has 6 nitrogen and oxygen atoms in total. The molecule has 2 aliphatic rings. The summed E-state index contributed by atoms with van der Waals surface area (Å²) in [7, 11) is 2.07. The molecule has 6 heteroatoms. The zero-order valence-electron chi connectivity index (χ0n) is 15.1. The number of amides is 1. The Kier molecular flexibility index (Phi) is 4.59. The molecule has 26 heavy (non-hydrogen) atoms. The number of hydrogen-bond donors (Lipinski definition) is 1. The second-order valence-electron chi connectivity index (χ2n) is 7.32. The highest BCUT2D eigenvalue weighted by molar-refractivity contribution is 5.79. The predicted octanol–water partition coefficient (Wildman–Crippen LogP) is 1.66. The minimum Gasteiger partial charge on any atom is -0.336 e. The maximum atomic E-state index is 12.9. The summed E-state index contributed by atoms with van der Waals surface area (Å²) in [5.41, 5.74) is 2.24. The van der Waals surface area contributed by atoms with E-state index in [9.17, 15) is 9.59 Å². The molecular formula is C20H24N4O2. The van der Waals surface area contributed by atoms with Crippen molar-refractivity contribution in [1.82, 2.24) is 19.8 Å². The van der Waals surface area contributed by atoms with Crippen LogP contribution in [0.15, 0.2) is 35.1 Å². The number of nitrogens with zero attached hydrogens (tertiary/aromatic N) is 3. The number of benzene rings is 1. The van der Waals surface area contributed by atoms with Crippen LogP contribution in [0.1, 0.15) is 24.1 Å². The Morgan fingerprint density at radius 2 is 2.04 bits per heavy atom. The van der Waals surface area contributed by atoms with Crippen molar-refractivity contribution in [3.05, 3.63) is 51.9 Å². The van der Waals surface area contributed by atoms with Crippen molar-refractivity contribution in [2.45, 2.75) is 25.8 Å². The third-order valence-corrected chi connectivity index (χ3v) is 5.41. The average molecular weight is 352 g/mol. The monoisotopic (exact) mass is 352 g/mol. The van der Waals surface area contributed by atoms with Gasteiger partial charge in [0, 0.05) is 24.2 Å². The maximum absolute atomic E-state index is 12.9. The van der Waals surface area contributed by atoms with Crippen LogP contribution in [-0.2, 0) is 17.8 Å². The number of carbonyl (C=O) groups is 1. The molecule has 1 amide bonds. The van der Waals surface area contributed by atoms with E-state index in [-0.39, 0.29) is 17.4 Å². The molecule has 1 fully saturated rings. The Balaban J connectivity index is 1.58. The lowest BCUT2D eigenvalue weighted by Gasteiger charge is -2.35. The van der Waals surface area contributed by atoms with Crippen molar-refractivity contribution in [2.75, 3.05) is 26.7 Å². The fourth-order valence-electron chi connectivity index (χ4n) is 3.99. The van der Waals surface area contributed by atoms with Gasteiger partial charge in [-0.25, -0.2) is 4.98 Å². The molecule has 1 saturated heterocycles. The van der Waals surface area contributed by atoms with Crippen molar-refractivity contribution >= 4 is 5.91 Å². The van der Waals surface area contributed by atoms with Crippen molar-refractivity contribution < 1.29 is 4.79 Å². The lowest BCUT2D eigenvalue weighted by molar-refractivity contribution is -0.138. The topological polar surface area (TPSA) is 69.3 Å². The standard InChI is InChI=1S/C20H24N4O2/c1-23-10-5-8-15(12-23)20(26)24-11-9-16-17(13-24)21-18(22-19(16)25)14-6-3-2-4-7-14/h2-4,6-7,15H,5,8-13H2,1H3,(H,21,22,25)/t15-/m1/s1. The fourth-order valence-corrected chi connectivity index (χ4v) is 3.99. The van der Waals surface area contributed by atoms with Gasteiger partial charge in [-0.05, 0) is 32.9 Å². The van der Waals surface area contributed by atoms with Gasteiger partial charge in [0.25, 0.3) is 5.56 Å². The minimum absolute atomic E-state index is 0.0610. The number of carbonyl (C=O) groups excluding carboxylic acids is 1. The Morgan fingerprint density at radius 1 is 1.23 bits per heavy atom. The fraction of sp³-hybridized carbons (Fsp3) is 0.450. The Bertz CT molecular complexity index is 862. The minimum atomic E-state index is -0.0849. The average Bonchev–Trinajstić information content (AvgIpc) is 2.67. The van der Waals surface area contributed by atoms with Crippen LogP contribution < -0.4 is 5.56 Å². The second-order valence-corrected chi connectivity index (χ2v) is 7.32. The Morgan fingerprint density at radius 3 is 2.81 bits per heavy atom. The van der Waals surface area contributed by atoms with Crippen molar-refractivity contribution in [3.63, 3.8) is 0 Å². The maximum Gasteiger partial charge on any atom is 0.254 e. The van der Waals surface area contributed by atoms with Gasteiger partial charge in [-0.15, -0.1) is 0 Å². The van der Waals surface area contributed by atoms with E-state index in [0.29, 0.717) is 25.3 Å². The number of H-pyrrole nitrogens is 1. The molecule has 136 valence electrons. The van der Waals surface area contributed by atoms with E-state index in [1.54, 1.807) is 0 Å². The zero-order valence-corrected chi connectivity index (χ0v) is 15.1. The summed E-state index contributed by atoms with van der Waals surface area (Å²) in [5, 5.41) is 0. The number of fused-ring (bicyclic) bond motifs is 1. The number of piperidine rings is 1. The first-order valence-corrected chi connectivity index (χ1v) is 9.26. The SMILES string of the molecule is CN1CCC[C@@H](C(=O)N2CCc3c(nc(-c4ccccc4)[nH]c3=O)C2)C1. The Labute approximate surface area is 152 Å². The molecule has 1 aromatic carbocycles. The lowest BCUT2D eigenvalue weighted by atomic mass is 9.95. The van der Waals surface area contributed by atoms with Crippen LogP contribution in [0, 0.1) is 5.92 Å². The molecule has 0 saturated carbocycles. The van der Waals surface area contributed by atoms with Crippen molar-refractivity contribution in [3.8, 4) is 11.4 Å². The first kappa shape index (κ1) is 17.0. The summed E-state index contributed by atoms with van der Waals surface area (Å²) in [4.78, 5) is 37.1. The van der Waals surface area contributed by atoms with Crippen LogP contribution in [0.25, 0.3) is 11.4 Å². The van der Waals surface area contributed by atoms with E-state index in [0.717, 1.165) is 42.8 Å². The largest absolute Gasteiger partial charge is 0.336 e. The van der Waals surface area contributed by atoms with Gasteiger partial charge in [0.1, 0.15) is 5.82 Å². The van der Waals surface area contributed by atoms with E-state index >= 15 is 0 Å². The molecule has 0 spiro atoms. The van der Waals surface area contributed by atoms with E-state index in [1.807, 2.05) is 35.2 Å². The first-order valence-electron chi connectivity index (χ1n) is 9.26. The number of rotatable bonds is 2. The number of nitrogens with one attached hydrogen (secondary N) is 1. The van der Waals surface area contributed by atoms with E-state index in [2.05, 4.69) is 21.9 Å². The molecule has 4 rings (SSSR count). The zero-order chi connectivity index (χ0) is 18.1. The molecule has 2 aromatic rings. The van der Waals surface area contributed by atoms with Gasteiger partial charge in [-0.3, -0.25) is 9.59 Å². The molecule has 0 unspecified atom stereocenters. The summed E-state index contributed by atoms with van der Waals surface area (Å²) < 4.78 is 0. The number of hydrogen-bond acceptors (Lipinski definition) is 4. The predicted molar refractivity (Wildman–Crippen MR) is 99.6 cm³/mol. The Hall–Kier alpha value is -2.47. The van der Waals surface area contributed by atoms with Crippen molar-refractivity contribution in [1.29, 1.82) is 0 Å². The second kappa shape index (κ2) is 7.03. The molecule has 1 N–H and O–H groups in total. The molecule has 0 aliphatic carbocycles. The molecular weight excluding hydrogens is 328 g/mol. The third-order valence-electron chi connectivity index (χ3n) is 5.41. The summed E-state index contributed by atoms with van der Waals surface area (Å²) >= 11 is 0. The summed E-state index contributed by atoms with van der Waals surface area (Å²) in [6, 6.07) is 9.62. The highest BCUT2D eigenvalue weighted by Crippen LogP contribution is 2.23. The van der Waals surface area contributed by atoms with Gasteiger partial charge in [-0.1, -0.05) is 30.3 Å². The summed E-state index contributed by atoms with van der Waals surface area (Å²) in [6.07, 6.45) is 2.58. The summed E-state index contributed by atoms with van der Waals surface area (Å²) in [6.45, 7) is 2.91. The van der Waals surface area contributed by atoms with E-state index < -0.39 is 0 Å². The van der Waals surface area contributed by atoms with Crippen LogP contribution >= 0.6 is 0 Å². The summed E-state index contributed by atoms with van der Waals surface area (Å²) in [5.74, 6) is 0.831. The van der Waals surface area contributed by atoms with Crippen molar-refractivity contribution in [2.24, 2.45) is 5.92 Å². The smallest absolute Gasteiger partial charge is 0.254 e. The molecule has 1 atom stereocenters. The van der Waals surface area contributed by atoms with Gasteiger partial charge < -0.3 is 14.8 Å². The quantitative estimate of drug-likeness (QED) is 0.893. The normalized spacial score (nSPS) is 20.7. The van der Waals surface area contributed by atoms with Crippen LogP contribution in [0.5, 0.6) is 0 Å². The van der Waals surface area contributed by atoms with Gasteiger partial charge in [0.15, 0.2) is 0 Å². The van der Waals surface area contributed by atoms with Crippen LogP contribution in [0.2, 0.25) is 0 Å². The highest BCUT2D eigenvalue weighted by atomic mass is 16.2. The van der Waals surface area contributed by atoms with E-state index in [1.165, 1.54) is 0 Å². The van der Waals surface area contributed by atoms with Crippen LogP contribution in [0.3, 0.4) is 0 Å². The van der Waals surface area contributed by atoms with Crippen LogP contribution in [-0.4, -0.2) is 52.4 Å². The third kappa shape index (κ3) is 3.29. The lowest BCUT2D eigenvalue weighted by Crippen LogP contribution is -2.46. The van der Waals surface area contributed by atoms with Gasteiger partial charge in [0.2, 0.25) is 5.91 Å². The van der Waals surface area contributed by atoms with Gasteiger partial charge >= 0.3 is 0 Å². The molecule has 3 heterocycles. The molecule has 0 bridgehead atoms.